The summed E-state index contributed by atoms with van der Waals surface area (Å²) in [4.78, 5) is 15.4. The smallest absolute Gasteiger partial charge is 0.252 e. The molecule has 5 nitrogen and oxygen atoms in total. The van der Waals surface area contributed by atoms with Gasteiger partial charge in [0.05, 0.1) is 11.8 Å². The van der Waals surface area contributed by atoms with Crippen LogP contribution in [0.2, 0.25) is 0 Å². The van der Waals surface area contributed by atoms with Crippen molar-refractivity contribution in [3.05, 3.63) is 24.0 Å². The second-order valence-corrected chi connectivity index (χ2v) is 4.21. The predicted octanol–water partition coefficient (Wildman–Crippen LogP) is 0.944. The summed E-state index contributed by atoms with van der Waals surface area (Å²) in [6.45, 7) is 2.25. The van der Waals surface area contributed by atoms with Gasteiger partial charge in [0, 0.05) is 26.0 Å². The maximum Gasteiger partial charge on any atom is 0.252 e. The maximum atomic E-state index is 11.7. The van der Waals surface area contributed by atoms with Crippen molar-refractivity contribution >= 4 is 5.91 Å². The summed E-state index contributed by atoms with van der Waals surface area (Å²) in [5.41, 5.74) is 0.382. The Kier molecular flexibility index (Phi) is 3.93. The molecule has 0 aliphatic carbocycles. The first-order valence-corrected chi connectivity index (χ1v) is 5.75. The molecule has 17 heavy (non-hydrogen) atoms. The normalized spacial score (nSPS) is 19.2. The van der Waals surface area contributed by atoms with E-state index in [-0.39, 0.29) is 11.7 Å². The summed E-state index contributed by atoms with van der Waals surface area (Å²) in [6.07, 6.45) is 4.74. The van der Waals surface area contributed by atoms with Crippen molar-refractivity contribution in [1.29, 1.82) is 0 Å². The van der Waals surface area contributed by atoms with Crippen molar-refractivity contribution in [2.24, 2.45) is 5.92 Å². The molecule has 2 rings (SSSR count). The molecule has 1 saturated heterocycles. The Balaban J connectivity index is 1.77. The molecule has 0 saturated carbocycles. The monoisotopic (exact) mass is 236 g/mol. The number of ether oxygens (including phenoxy) is 1. The van der Waals surface area contributed by atoms with Crippen molar-refractivity contribution in [3.63, 3.8) is 0 Å². The zero-order chi connectivity index (χ0) is 12.1. The number of amides is 1. The highest BCUT2D eigenvalue weighted by atomic mass is 16.5. The molecule has 1 aliphatic heterocycles. The second-order valence-electron chi connectivity index (χ2n) is 4.21. The standard InChI is InChI=1S/C12H16N2O3/c15-11-5-10(6-13-7-11)12(16)14-3-1-9-2-4-17-8-9/h5-7,9,15H,1-4,8H2,(H,14,16). The van der Waals surface area contributed by atoms with Gasteiger partial charge in [-0.2, -0.15) is 0 Å². The minimum Gasteiger partial charge on any atom is -0.506 e. The van der Waals surface area contributed by atoms with Gasteiger partial charge in [0.25, 0.3) is 5.91 Å². The van der Waals surface area contributed by atoms with Crippen molar-refractivity contribution in [2.45, 2.75) is 12.8 Å². The molecule has 1 atom stereocenters. The summed E-state index contributed by atoms with van der Waals surface area (Å²) >= 11 is 0. The molecule has 1 aliphatic rings. The van der Waals surface area contributed by atoms with E-state index in [1.807, 2.05) is 0 Å². The number of rotatable bonds is 4. The average Bonchev–Trinajstić information content (AvgIpc) is 2.82. The van der Waals surface area contributed by atoms with E-state index in [9.17, 15) is 9.90 Å². The van der Waals surface area contributed by atoms with E-state index in [0.29, 0.717) is 18.0 Å². The summed E-state index contributed by atoms with van der Waals surface area (Å²) in [7, 11) is 0. The van der Waals surface area contributed by atoms with E-state index < -0.39 is 0 Å². The van der Waals surface area contributed by atoms with E-state index in [4.69, 9.17) is 4.74 Å². The van der Waals surface area contributed by atoms with E-state index in [1.54, 1.807) is 0 Å². The molecule has 1 fully saturated rings. The topological polar surface area (TPSA) is 71.5 Å². The van der Waals surface area contributed by atoms with Crippen LogP contribution in [-0.4, -0.2) is 35.8 Å². The summed E-state index contributed by atoms with van der Waals surface area (Å²) < 4.78 is 5.26. The molecule has 2 N–H and O–H groups in total. The van der Waals surface area contributed by atoms with Gasteiger partial charge in [0.1, 0.15) is 5.75 Å². The van der Waals surface area contributed by atoms with Gasteiger partial charge < -0.3 is 15.2 Å². The zero-order valence-electron chi connectivity index (χ0n) is 9.56. The summed E-state index contributed by atoms with van der Waals surface area (Å²) in [5.74, 6) is 0.353. The lowest BCUT2D eigenvalue weighted by molar-refractivity contribution is 0.0949. The van der Waals surface area contributed by atoms with Gasteiger partial charge in [-0.3, -0.25) is 9.78 Å². The fourth-order valence-electron chi connectivity index (χ4n) is 1.85. The van der Waals surface area contributed by atoms with Gasteiger partial charge in [-0.05, 0) is 24.8 Å². The highest BCUT2D eigenvalue weighted by Gasteiger charge is 2.15. The molecule has 1 aromatic rings. The van der Waals surface area contributed by atoms with Crippen LogP contribution in [0.4, 0.5) is 0 Å². The van der Waals surface area contributed by atoms with Gasteiger partial charge in [0.2, 0.25) is 0 Å². The first-order valence-electron chi connectivity index (χ1n) is 5.75. The number of aromatic nitrogens is 1. The summed E-state index contributed by atoms with van der Waals surface area (Å²) in [5, 5.41) is 12.0. The molecular formula is C12H16N2O3. The molecule has 2 heterocycles. The first-order chi connectivity index (χ1) is 8.25. The van der Waals surface area contributed by atoms with Crippen LogP contribution in [-0.2, 0) is 4.74 Å². The molecule has 1 amide bonds. The first kappa shape index (κ1) is 11.9. The lowest BCUT2D eigenvalue weighted by atomic mass is 10.1. The molecule has 0 aromatic carbocycles. The van der Waals surface area contributed by atoms with Gasteiger partial charge in [-0.25, -0.2) is 0 Å². The Morgan fingerprint density at radius 3 is 3.18 bits per heavy atom. The van der Waals surface area contributed by atoms with Gasteiger partial charge in [-0.1, -0.05) is 0 Å². The number of nitrogens with one attached hydrogen (secondary N) is 1. The van der Waals surface area contributed by atoms with Crippen LogP contribution in [0.25, 0.3) is 0 Å². The Morgan fingerprint density at radius 2 is 2.47 bits per heavy atom. The fourth-order valence-corrected chi connectivity index (χ4v) is 1.85. The number of nitrogens with zero attached hydrogens (tertiary/aromatic N) is 1. The van der Waals surface area contributed by atoms with E-state index in [0.717, 1.165) is 26.1 Å². The molecule has 0 spiro atoms. The fraction of sp³-hybridized carbons (Fsp3) is 0.500. The molecule has 92 valence electrons. The minimum absolute atomic E-state index is 0.00171. The van der Waals surface area contributed by atoms with Crippen molar-refractivity contribution in [1.82, 2.24) is 10.3 Å². The molecule has 1 aromatic heterocycles. The van der Waals surface area contributed by atoms with Crippen LogP contribution in [0, 0.1) is 5.92 Å². The van der Waals surface area contributed by atoms with Gasteiger partial charge in [-0.15, -0.1) is 0 Å². The number of hydrogen-bond donors (Lipinski definition) is 2. The third-order valence-electron chi connectivity index (χ3n) is 2.85. The third-order valence-corrected chi connectivity index (χ3v) is 2.85. The highest BCUT2D eigenvalue weighted by Crippen LogP contribution is 2.15. The Bertz CT molecular complexity index is 389. The Morgan fingerprint density at radius 1 is 1.59 bits per heavy atom. The van der Waals surface area contributed by atoms with Crippen LogP contribution >= 0.6 is 0 Å². The lowest BCUT2D eigenvalue weighted by Crippen LogP contribution is -2.26. The van der Waals surface area contributed by atoms with E-state index >= 15 is 0 Å². The molecular weight excluding hydrogens is 220 g/mol. The minimum atomic E-state index is -0.202. The van der Waals surface area contributed by atoms with Crippen molar-refractivity contribution in [3.8, 4) is 5.75 Å². The van der Waals surface area contributed by atoms with Crippen LogP contribution in [0.15, 0.2) is 18.5 Å². The van der Waals surface area contributed by atoms with Crippen molar-refractivity contribution in [2.75, 3.05) is 19.8 Å². The number of carbonyl (C=O) groups is 1. The molecule has 1 unspecified atom stereocenters. The molecule has 0 bridgehead atoms. The average molecular weight is 236 g/mol. The number of carbonyl (C=O) groups excluding carboxylic acids is 1. The maximum absolute atomic E-state index is 11.7. The van der Waals surface area contributed by atoms with Crippen LogP contribution < -0.4 is 5.32 Å². The van der Waals surface area contributed by atoms with Crippen molar-refractivity contribution < 1.29 is 14.6 Å². The van der Waals surface area contributed by atoms with E-state index in [1.165, 1.54) is 18.5 Å². The Hall–Kier alpha value is -1.62. The lowest BCUT2D eigenvalue weighted by Gasteiger charge is -2.08. The zero-order valence-corrected chi connectivity index (χ0v) is 9.56. The van der Waals surface area contributed by atoms with Gasteiger partial charge >= 0.3 is 0 Å². The van der Waals surface area contributed by atoms with Gasteiger partial charge in [0.15, 0.2) is 0 Å². The van der Waals surface area contributed by atoms with Crippen LogP contribution in [0.1, 0.15) is 23.2 Å². The number of pyridine rings is 1. The SMILES string of the molecule is O=C(NCCC1CCOC1)c1cncc(O)c1. The predicted molar refractivity (Wildman–Crippen MR) is 61.8 cm³/mol. The quantitative estimate of drug-likeness (QED) is 0.816. The Labute approximate surface area is 99.8 Å². The largest absolute Gasteiger partial charge is 0.506 e. The van der Waals surface area contributed by atoms with E-state index in [2.05, 4.69) is 10.3 Å². The third kappa shape index (κ3) is 3.42. The van der Waals surface area contributed by atoms with Crippen LogP contribution in [0.5, 0.6) is 5.75 Å². The molecule has 5 heteroatoms. The summed E-state index contributed by atoms with van der Waals surface area (Å²) in [6, 6.07) is 1.40. The van der Waals surface area contributed by atoms with Crippen LogP contribution in [0.3, 0.4) is 0 Å². The number of hydrogen-bond acceptors (Lipinski definition) is 4. The second kappa shape index (κ2) is 5.63. The number of aromatic hydroxyl groups is 1. The molecule has 0 radical (unpaired) electrons. The highest BCUT2D eigenvalue weighted by molar-refractivity contribution is 5.94.